The fourth-order valence-corrected chi connectivity index (χ4v) is 2.62. The van der Waals surface area contributed by atoms with E-state index < -0.39 is 11.9 Å². The maximum Gasteiger partial charge on any atom is 0.322 e. The molecular formula is C21H22N4O3. The van der Waals surface area contributed by atoms with Gasteiger partial charge in [0.25, 0.3) is 11.8 Å². The lowest BCUT2D eigenvalue weighted by atomic mass is 10.0. The van der Waals surface area contributed by atoms with Crippen LogP contribution in [0.3, 0.4) is 0 Å². The van der Waals surface area contributed by atoms with Crippen LogP contribution in [-0.4, -0.2) is 28.1 Å². The molecular weight excluding hydrogens is 356 g/mol. The molecule has 0 aliphatic rings. The van der Waals surface area contributed by atoms with E-state index in [2.05, 4.69) is 20.8 Å². The highest BCUT2D eigenvalue weighted by Gasteiger charge is 2.26. The summed E-state index contributed by atoms with van der Waals surface area (Å²) in [6.45, 7) is 5.64. The third kappa shape index (κ3) is 4.62. The van der Waals surface area contributed by atoms with Crippen molar-refractivity contribution in [3.8, 4) is 11.5 Å². The summed E-state index contributed by atoms with van der Waals surface area (Å²) in [6, 6.07) is 15.6. The Morgan fingerprint density at radius 1 is 0.964 bits per heavy atom. The van der Waals surface area contributed by atoms with E-state index in [4.69, 9.17) is 4.42 Å². The fraction of sp³-hybridized carbons (Fsp3) is 0.238. The average molecular weight is 378 g/mol. The van der Waals surface area contributed by atoms with Gasteiger partial charge in [0.1, 0.15) is 6.04 Å². The first-order chi connectivity index (χ1) is 13.4. The topological polar surface area (TPSA) is 97.1 Å². The van der Waals surface area contributed by atoms with Crippen molar-refractivity contribution in [1.82, 2.24) is 15.5 Å². The van der Waals surface area contributed by atoms with Gasteiger partial charge in [0, 0.05) is 11.1 Å². The molecule has 3 rings (SSSR count). The van der Waals surface area contributed by atoms with Gasteiger partial charge in [-0.25, -0.2) is 0 Å². The third-order valence-electron chi connectivity index (χ3n) is 4.23. The van der Waals surface area contributed by atoms with Crippen LogP contribution < -0.4 is 10.6 Å². The predicted octanol–water partition coefficient (Wildman–Crippen LogP) is 3.44. The van der Waals surface area contributed by atoms with Crippen molar-refractivity contribution in [3.63, 3.8) is 0 Å². The molecule has 1 aromatic heterocycles. The number of anilines is 1. The summed E-state index contributed by atoms with van der Waals surface area (Å²) in [5.74, 6) is -0.560. The Hall–Kier alpha value is -3.48. The number of carbonyl (C=O) groups excluding carboxylic acids is 2. The van der Waals surface area contributed by atoms with Gasteiger partial charge in [0.2, 0.25) is 5.89 Å². The van der Waals surface area contributed by atoms with E-state index >= 15 is 0 Å². The molecule has 0 radical (unpaired) electrons. The number of hydrogen-bond donors (Lipinski definition) is 2. The first-order valence-electron chi connectivity index (χ1n) is 9.01. The van der Waals surface area contributed by atoms with Gasteiger partial charge in [-0.1, -0.05) is 54.8 Å². The Bertz CT molecular complexity index is 949. The zero-order valence-corrected chi connectivity index (χ0v) is 16.0. The average Bonchev–Trinajstić information content (AvgIpc) is 3.15. The lowest BCUT2D eigenvalue weighted by molar-refractivity contribution is -0.119. The number of aromatic nitrogens is 2. The van der Waals surface area contributed by atoms with E-state index in [1.165, 1.54) is 0 Å². The van der Waals surface area contributed by atoms with Crippen molar-refractivity contribution in [2.45, 2.75) is 26.8 Å². The largest absolute Gasteiger partial charge is 0.403 e. The summed E-state index contributed by atoms with van der Waals surface area (Å²) in [5.41, 5.74) is 2.30. The van der Waals surface area contributed by atoms with Crippen LogP contribution in [0.15, 0.2) is 59.0 Å². The van der Waals surface area contributed by atoms with Gasteiger partial charge in [-0.2, -0.15) is 0 Å². The van der Waals surface area contributed by atoms with Crippen molar-refractivity contribution in [3.05, 3.63) is 65.7 Å². The Kier molecular flexibility index (Phi) is 5.84. The highest BCUT2D eigenvalue weighted by Crippen LogP contribution is 2.19. The molecule has 0 saturated heterocycles. The van der Waals surface area contributed by atoms with Crippen LogP contribution in [0.4, 0.5) is 6.01 Å². The van der Waals surface area contributed by atoms with E-state index in [-0.39, 0.29) is 17.8 Å². The molecule has 7 nitrogen and oxygen atoms in total. The molecule has 3 aromatic rings. The molecule has 144 valence electrons. The first-order valence-corrected chi connectivity index (χ1v) is 9.01. The van der Waals surface area contributed by atoms with Gasteiger partial charge in [0.15, 0.2) is 0 Å². The van der Waals surface area contributed by atoms with Crippen molar-refractivity contribution >= 4 is 17.8 Å². The molecule has 0 spiro atoms. The minimum Gasteiger partial charge on any atom is -0.403 e. The molecule has 0 fully saturated rings. The molecule has 28 heavy (non-hydrogen) atoms. The number of aryl methyl sites for hydroxylation is 1. The SMILES string of the molecule is Cc1ccc(C(=O)NC(C(=O)Nc2nnc(-c3ccccc3)o2)C(C)C)cc1. The lowest BCUT2D eigenvalue weighted by Gasteiger charge is -2.20. The number of nitrogens with zero attached hydrogens (tertiary/aromatic N) is 2. The second-order valence-electron chi connectivity index (χ2n) is 6.83. The summed E-state index contributed by atoms with van der Waals surface area (Å²) in [6.07, 6.45) is 0. The van der Waals surface area contributed by atoms with Crippen LogP contribution in [-0.2, 0) is 4.79 Å². The van der Waals surface area contributed by atoms with Gasteiger partial charge >= 0.3 is 6.01 Å². The minimum atomic E-state index is -0.749. The Morgan fingerprint density at radius 2 is 1.64 bits per heavy atom. The third-order valence-corrected chi connectivity index (χ3v) is 4.23. The Balaban J connectivity index is 1.69. The van der Waals surface area contributed by atoms with Crippen LogP contribution in [0.2, 0.25) is 0 Å². The van der Waals surface area contributed by atoms with Crippen molar-refractivity contribution in [2.75, 3.05) is 5.32 Å². The van der Waals surface area contributed by atoms with Crippen molar-refractivity contribution < 1.29 is 14.0 Å². The van der Waals surface area contributed by atoms with Gasteiger partial charge in [-0.3, -0.25) is 14.9 Å². The molecule has 1 unspecified atom stereocenters. The molecule has 0 bridgehead atoms. The fourth-order valence-electron chi connectivity index (χ4n) is 2.62. The Morgan fingerprint density at radius 3 is 2.29 bits per heavy atom. The van der Waals surface area contributed by atoms with E-state index in [0.717, 1.165) is 11.1 Å². The van der Waals surface area contributed by atoms with Gasteiger partial charge in [-0.15, -0.1) is 5.10 Å². The highest BCUT2D eigenvalue weighted by molar-refractivity contribution is 6.00. The molecule has 7 heteroatoms. The molecule has 1 heterocycles. The normalized spacial score (nSPS) is 11.9. The molecule has 0 aliphatic heterocycles. The molecule has 2 aromatic carbocycles. The quantitative estimate of drug-likeness (QED) is 0.685. The van der Waals surface area contributed by atoms with E-state index in [9.17, 15) is 9.59 Å². The summed E-state index contributed by atoms with van der Waals surface area (Å²) >= 11 is 0. The van der Waals surface area contributed by atoms with E-state index in [1.54, 1.807) is 12.1 Å². The number of carbonyl (C=O) groups is 2. The maximum absolute atomic E-state index is 12.7. The zero-order chi connectivity index (χ0) is 20.1. The molecule has 2 N–H and O–H groups in total. The smallest absolute Gasteiger partial charge is 0.322 e. The molecule has 1 atom stereocenters. The molecule has 0 aliphatic carbocycles. The molecule has 2 amide bonds. The van der Waals surface area contributed by atoms with E-state index in [0.29, 0.717) is 11.5 Å². The number of benzene rings is 2. The van der Waals surface area contributed by atoms with Crippen molar-refractivity contribution in [2.24, 2.45) is 5.92 Å². The number of amides is 2. The van der Waals surface area contributed by atoms with Gasteiger partial charge in [0.05, 0.1) is 0 Å². The van der Waals surface area contributed by atoms with Crippen LogP contribution in [0.25, 0.3) is 11.5 Å². The maximum atomic E-state index is 12.7. The minimum absolute atomic E-state index is 0.0147. The zero-order valence-electron chi connectivity index (χ0n) is 16.0. The number of hydrogen-bond acceptors (Lipinski definition) is 5. The van der Waals surface area contributed by atoms with Crippen molar-refractivity contribution in [1.29, 1.82) is 0 Å². The van der Waals surface area contributed by atoms with Crippen LogP contribution in [0.5, 0.6) is 0 Å². The van der Waals surface area contributed by atoms with Crippen LogP contribution in [0, 0.1) is 12.8 Å². The lowest BCUT2D eigenvalue weighted by Crippen LogP contribution is -2.47. The highest BCUT2D eigenvalue weighted by atomic mass is 16.4. The second kappa shape index (κ2) is 8.47. The van der Waals surface area contributed by atoms with E-state index in [1.807, 2.05) is 63.2 Å². The standard InChI is InChI=1S/C21H22N4O3/c1-13(2)17(22-18(26)15-11-9-14(3)10-12-15)19(27)23-21-25-24-20(28-21)16-7-5-4-6-8-16/h4-13,17H,1-3H3,(H,22,26)(H,23,25,27). The second-order valence-corrected chi connectivity index (χ2v) is 6.83. The predicted molar refractivity (Wildman–Crippen MR) is 106 cm³/mol. The summed E-state index contributed by atoms with van der Waals surface area (Å²) < 4.78 is 5.51. The summed E-state index contributed by atoms with van der Waals surface area (Å²) in [4.78, 5) is 25.1. The first kappa shape index (κ1) is 19.3. The van der Waals surface area contributed by atoms with Crippen LogP contribution in [0.1, 0.15) is 29.8 Å². The summed E-state index contributed by atoms with van der Waals surface area (Å²) in [5, 5.41) is 13.2. The molecule has 0 saturated carbocycles. The van der Waals surface area contributed by atoms with Gasteiger partial charge in [-0.05, 0) is 37.1 Å². The van der Waals surface area contributed by atoms with Crippen LogP contribution >= 0.6 is 0 Å². The number of rotatable bonds is 6. The monoisotopic (exact) mass is 378 g/mol. The van der Waals surface area contributed by atoms with Gasteiger partial charge < -0.3 is 9.73 Å². The number of nitrogens with one attached hydrogen (secondary N) is 2. The summed E-state index contributed by atoms with van der Waals surface area (Å²) in [7, 11) is 0. The Labute approximate surface area is 163 Å².